The van der Waals surface area contributed by atoms with E-state index >= 15 is 0 Å². The van der Waals surface area contributed by atoms with E-state index in [1.54, 1.807) is 0 Å². The number of carbonyl (C=O) groups is 1. The normalized spacial score (nSPS) is 16.5. The molecule has 0 aliphatic carbocycles. The summed E-state index contributed by atoms with van der Waals surface area (Å²) >= 11 is 0. The second kappa shape index (κ2) is 11.0. The van der Waals surface area contributed by atoms with Crippen molar-refractivity contribution in [2.75, 3.05) is 24.5 Å². The van der Waals surface area contributed by atoms with Crippen LogP contribution in [0.5, 0.6) is 5.75 Å². The molecule has 1 heterocycles. The van der Waals surface area contributed by atoms with Crippen LogP contribution in [0.2, 0.25) is 0 Å². The molecule has 15 heteroatoms. The van der Waals surface area contributed by atoms with Gasteiger partial charge in [0, 0.05) is 0 Å². The average molecular weight is 519 g/mol. The van der Waals surface area contributed by atoms with Crippen LogP contribution in [0.3, 0.4) is 0 Å². The Morgan fingerprint density at radius 2 is 1.74 bits per heavy atom. The first kappa shape index (κ1) is 28.0. The number of hydrazone groups is 1. The van der Waals surface area contributed by atoms with E-state index < -0.39 is 49.2 Å². The molecule has 2 aromatic rings. The van der Waals surface area contributed by atoms with Gasteiger partial charge in [-0.25, -0.2) is 16.8 Å². The van der Waals surface area contributed by atoms with E-state index in [4.69, 9.17) is 9.84 Å². The van der Waals surface area contributed by atoms with Crippen molar-refractivity contribution in [3.63, 3.8) is 0 Å². The molecule has 0 bridgehead atoms. The number of anilines is 1. The molecular formula is C19H19N4NaO8S2. The van der Waals surface area contributed by atoms with Crippen molar-refractivity contribution < 1.29 is 65.6 Å². The Morgan fingerprint density at radius 3 is 2.29 bits per heavy atom. The number of sulfone groups is 1. The molecule has 0 fully saturated rings. The number of methoxy groups -OCH3 is 1. The third-order valence-electron chi connectivity index (χ3n) is 4.62. The first-order valence-electron chi connectivity index (χ1n) is 9.35. The van der Waals surface area contributed by atoms with Crippen LogP contribution in [0.25, 0.3) is 0 Å². The molecule has 34 heavy (non-hydrogen) atoms. The summed E-state index contributed by atoms with van der Waals surface area (Å²) in [5.41, 5.74) is 0.562. The molecule has 0 saturated carbocycles. The number of aliphatic hydroxyl groups is 1. The second-order valence-corrected chi connectivity index (χ2v) is 10.3. The zero-order valence-electron chi connectivity index (χ0n) is 18.4. The first-order valence-corrected chi connectivity index (χ1v) is 12.4. The van der Waals surface area contributed by atoms with Crippen molar-refractivity contribution in [3.8, 4) is 5.75 Å². The third kappa shape index (κ3) is 6.07. The summed E-state index contributed by atoms with van der Waals surface area (Å²) in [6.07, 6.45) is 0. The number of aliphatic hydroxyl groups excluding tert-OH is 1. The predicted octanol–water partition coefficient (Wildman–Crippen LogP) is -1.76. The topological polar surface area (TPSA) is 178 Å². The molecule has 176 valence electrons. The summed E-state index contributed by atoms with van der Waals surface area (Å²) in [6.45, 7) is 0.992. The molecule has 0 spiro atoms. The van der Waals surface area contributed by atoms with Gasteiger partial charge in [0.1, 0.15) is 21.6 Å². The summed E-state index contributed by atoms with van der Waals surface area (Å²) < 4.78 is 62.9. The smallest absolute Gasteiger partial charge is 0.744 e. The second-order valence-electron chi connectivity index (χ2n) is 6.83. The van der Waals surface area contributed by atoms with E-state index in [-0.39, 0.29) is 57.3 Å². The van der Waals surface area contributed by atoms with Crippen LogP contribution in [0.4, 0.5) is 11.4 Å². The van der Waals surface area contributed by atoms with Crippen LogP contribution in [0.15, 0.2) is 67.6 Å². The minimum atomic E-state index is -4.63. The molecule has 3 rings (SSSR count). The monoisotopic (exact) mass is 518 g/mol. The van der Waals surface area contributed by atoms with Crippen LogP contribution >= 0.6 is 0 Å². The first-order chi connectivity index (χ1) is 15.5. The van der Waals surface area contributed by atoms with Crippen molar-refractivity contribution in [2.45, 2.75) is 22.8 Å². The number of hydrogen-bond acceptors (Lipinski definition) is 11. The number of rotatable bonds is 8. The summed E-state index contributed by atoms with van der Waals surface area (Å²) in [4.78, 5) is 12.3. The van der Waals surface area contributed by atoms with Gasteiger partial charge in [-0.3, -0.25) is 4.79 Å². The van der Waals surface area contributed by atoms with Crippen molar-refractivity contribution >= 4 is 42.9 Å². The largest absolute Gasteiger partial charge is 1.00 e. The molecule has 0 saturated heterocycles. The number of carbonyl (C=O) groups excluding carboxylic acids is 1. The quantitative estimate of drug-likeness (QED) is 0.243. The molecular weight excluding hydrogens is 499 g/mol. The average Bonchev–Trinajstić information content (AvgIpc) is 3.04. The van der Waals surface area contributed by atoms with Gasteiger partial charge in [-0.05, 0) is 49.4 Å². The van der Waals surface area contributed by atoms with Crippen molar-refractivity contribution in [1.82, 2.24) is 0 Å². The van der Waals surface area contributed by atoms with E-state index in [9.17, 15) is 26.2 Å². The van der Waals surface area contributed by atoms with Crippen LogP contribution < -0.4 is 39.3 Å². The summed E-state index contributed by atoms with van der Waals surface area (Å²) in [7, 11) is -7.02. The summed E-state index contributed by atoms with van der Waals surface area (Å²) in [5, 5.41) is 22.1. The van der Waals surface area contributed by atoms with Gasteiger partial charge in [-0.15, -0.1) is 0 Å². The van der Waals surface area contributed by atoms with Gasteiger partial charge in [0.2, 0.25) is 0 Å². The molecule has 0 radical (unpaired) electrons. The Balaban J connectivity index is 0.00000408. The number of hydrogen-bond donors (Lipinski definition) is 1. The fraction of sp³-hybridized carbons (Fsp3) is 0.263. The zero-order chi connectivity index (χ0) is 24.4. The number of benzene rings is 2. The third-order valence-corrected chi connectivity index (χ3v) is 7.16. The standard InChI is InChI=1S/C19H20N4O8S2.Na/c1-12-18(19(25)23(22-12)13-3-5-14(6-4-13)33(28,29)30)21-20-16-11-15(7-8-17(16)31-2)32(26,27)10-9-24;/h3-8,11,18,24H,9-10H2,1-2H3,(H,28,29,30);/q;+1/p-1. The van der Waals surface area contributed by atoms with Gasteiger partial charge < -0.3 is 14.4 Å². The fourth-order valence-corrected chi connectivity index (χ4v) is 4.44. The van der Waals surface area contributed by atoms with E-state index in [1.807, 2.05) is 0 Å². The SMILES string of the molecule is COc1ccc(S(=O)(=O)CCO)cc1N=NC1C(=O)N(c2ccc(S(=O)(=O)[O-])cc2)N=C1C.[Na+]. The number of azo groups is 1. The number of amides is 1. The van der Waals surface area contributed by atoms with Gasteiger partial charge in [0.25, 0.3) is 5.91 Å². The van der Waals surface area contributed by atoms with Crippen LogP contribution in [-0.2, 0) is 24.7 Å². The van der Waals surface area contributed by atoms with Crippen molar-refractivity contribution in [2.24, 2.45) is 15.3 Å². The fourth-order valence-electron chi connectivity index (χ4n) is 2.93. The van der Waals surface area contributed by atoms with E-state index in [0.29, 0.717) is 0 Å². The number of ether oxygens (including phenoxy) is 1. The Hall–Kier alpha value is -2.20. The Bertz CT molecular complexity index is 1340. The van der Waals surface area contributed by atoms with Gasteiger partial charge in [-0.2, -0.15) is 20.3 Å². The van der Waals surface area contributed by atoms with E-state index in [0.717, 1.165) is 17.1 Å². The molecule has 1 aliphatic heterocycles. The molecule has 12 nitrogen and oxygen atoms in total. The summed E-state index contributed by atoms with van der Waals surface area (Å²) in [5.74, 6) is -0.838. The molecule has 1 N–H and O–H groups in total. The van der Waals surface area contributed by atoms with Crippen LogP contribution in [-0.4, -0.2) is 63.6 Å². The molecule has 2 aromatic carbocycles. The summed E-state index contributed by atoms with van der Waals surface area (Å²) in [6, 6.07) is 7.45. The van der Waals surface area contributed by atoms with Gasteiger partial charge in [0.15, 0.2) is 15.9 Å². The maximum atomic E-state index is 12.8. The Morgan fingerprint density at radius 1 is 1.12 bits per heavy atom. The Labute approximate surface area is 218 Å². The molecule has 1 unspecified atom stereocenters. The Kier molecular flexibility index (Phi) is 9.10. The van der Waals surface area contributed by atoms with E-state index in [2.05, 4.69) is 15.3 Å². The van der Waals surface area contributed by atoms with E-state index in [1.165, 1.54) is 44.4 Å². The van der Waals surface area contributed by atoms with Crippen molar-refractivity contribution in [3.05, 3.63) is 42.5 Å². The molecule has 1 aliphatic rings. The predicted molar refractivity (Wildman–Crippen MR) is 115 cm³/mol. The molecule has 1 atom stereocenters. The zero-order valence-corrected chi connectivity index (χ0v) is 22.1. The van der Waals surface area contributed by atoms with Crippen LogP contribution in [0, 0.1) is 0 Å². The number of nitrogens with zero attached hydrogens (tertiary/aromatic N) is 4. The molecule has 1 amide bonds. The molecule has 0 aromatic heterocycles. The van der Waals surface area contributed by atoms with Crippen molar-refractivity contribution in [1.29, 1.82) is 0 Å². The maximum Gasteiger partial charge on any atom is 1.00 e. The van der Waals surface area contributed by atoms with Crippen LogP contribution in [0.1, 0.15) is 6.92 Å². The van der Waals surface area contributed by atoms with Gasteiger partial charge >= 0.3 is 29.6 Å². The minimum absolute atomic E-state index is 0. The van der Waals surface area contributed by atoms with Gasteiger partial charge in [0.05, 0.1) is 40.7 Å². The maximum absolute atomic E-state index is 12.8. The minimum Gasteiger partial charge on any atom is -0.744 e. The van der Waals surface area contributed by atoms with Gasteiger partial charge in [-0.1, -0.05) is 0 Å².